The van der Waals surface area contributed by atoms with E-state index in [-0.39, 0.29) is 0 Å². The lowest BCUT2D eigenvalue weighted by Gasteiger charge is -1.97. The summed E-state index contributed by atoms with van der Waals surface area (Å²) in [6.07, 6.45) is 20.1. The first kappa shape index (κ1) is 18.0. The van der Waals surface area contributed by atoms with Crippen LogP contribution in [0.5, 0.6) is 0 Å². The summed E-state index contributed by atoms with van der Waals surface area (Å²) in [5.74, 6) is -0.874. The number of rotatable bonds is 13. The van der Waals surface area contributed by atoms with E-state index in [0.717, 1.165) is 19.3 Å². The first-order valence-electron chi connectivity index (χ1n) is 8.44. The molecule has 0 aromatic rings. The number of aliphatic carboxylic acids is 1. The van der Waals surface area contributed by atoms with Gasteiger partial charge in [-0.05, 0) is 32.1 Å². The highest BCUT2D eigenvalue weighted by Gasteiger charge is 2.36. The molecule has 21 heavy (non-hydrogen) atoms. The Morgan fingerprint density at radius 2 is 1.76 bits per heavy atom. The van der Waals surface area contributed by atoms with E-state index in [1.807, 2.05) is 0 Å². The van der Waals surface area contributed by atoms with Crippen LogP contribution in [-0.2, 0) is 9.53 Å². The molecular weight excluding hydrogens is 264 g/mol. The van der Waals surface area contributed by atoms with Gasteiger partial charge in [0, 0.05) is 6.08 Å². The summed E-state index contributed by atoms with van der Waals surface area (Å²) in [5, 5.41) is 8.47. The molecule has 1 saturated heterocycles. The second-order valence-electron chi connectivity index (χ2n) is 5.79. The quantitative estimate of drug-likeness (QED) is 0.228. The van der Waals surface area contributed by atoms with Gasteiger partial charge in [-0.15, -0.1) is 0 Å². The van der Waals surface area contributed by atoms with Crippen LogP contribution in [0.4, 0.5) is 0 Å². The molecule has 3 nitrogen and oxygen atoms in total. The molecule has 1 fully saturated rings. The Hall–Kier alpha value is -1.09. The van der Waals surface area contributed by atoms with Crippen LogP contribution in [0.2, 0.25) is 0 Å². The summed E-state index contributed by atoms with van der Waals surface area (Å²) in [4.78, 5) is 10.3. The lowest BCUT2D eigenvalue weighted by molar-refractivity contribution is -0.131. The van der Waals surface area contributed by atoms with E-state index < -0.39 is 5.97 Å². The van der Waals surface area contributed by atoms with Crippen molar-refractivity contribution < 1.29 is 14.6 Å². The molecule has 1 rings (SSSR count). The van der Waals surface area contributed by atoms with Crippen molar-refractivity contribution in [1.82, 2.24) is 0 Å². The van der Waals surface area contributed by atoms with Crippen LogP contribution in [0.3, 0.4) is 0 Å². The van der Waals surface area contributed by atoms with Gasteiger partial charge in [-0.1, -0.05) is 57.3 Å². The second kappa shape index (κ2) is 11.6. The second-order valence-corrected chi connectivity index (χ2v) is 5.79. The average Bonchev–Trinajstić information content (AvgIpc) is 3.20. The smallest absolute Gasteiger partial charge is 0.327 e. The average molecular weight is 294 g/mol. The van der Waals surface area contributed by atoms with Crippen LogP contribution >= 0.6 is 0 Å². The molecule has 0 amide bonds. The minimum Gasteiger partial charge on any atom is -0.478 e. The van der Waals surface area contributed by atoms with Gasteiger partial charge in [-0.3, -0.25) is 0 Å². The molecule has 1 heterocycles. The molecule has 0 spiro atoms. The third-order valence-corrected chi connectivity index (χ3v) is 3.83. The molecule has 0 bridgehead atoms. The van der Waals surface area contributed by atoms with Crippen molar-refractivity contribution in [3.63, 3.8) is 0 Å². The summed E-state index contributed by atoms with van der Waals surface area (Å²) in [7, 11) is 0. The molecule has 1 aliphatic rings. The maximum Gasteiger partial charge on any atom is 0.327 e. The third kappa shape index (κ3) is 10.3. The van der Waals surface area contributed by atoms with Gasteiger partial charge in [-0.25, -0.2) is 4.79 Å². The Bertz CT molecular complexity index is 333. The highest BCUT2D eigenvalue weighted by Crippen LogP contribution is 2.29. The lowest BCUT2D eigenvalue weighted by atomic mass is 10.1. The van der Waals surface area contributed by atoms with E-state index in [2.05, 4.69) is 19.1 Å². The Labute approximate surface area is 129 Å². The largest absolute Gasteiger partial charge is 0.478 e. The van der Waals surface area contributed by atoms with Gasteiger partial charge in [0.05, 0.1) is 12.2 Å². The van der Waals surface area contributed by atoms with Gasteiger partial charge in [0.15, 0.2) is 0 Å². The Balaban J connectivity index is 1.88. The molecule has 120 valence electrons. The molecule has 0 aromatic carbocycles. The van der Waals surface area contributed by atoms with Crippen molar-refractivity contribution in [1.29, 1.82) is 0 Å². The van der Waals surface area contributed by atoms with Gasteiger partial charge >= 0.3 is 5.97 Å². The predicted octanol–water partition coefficient (Wildman–Crippen LogP) is 4.87. The van der Waals surface area contributed by atoms with E-state index in [9.17, 15) is 4.79 Å². The zero-order chi connectivity index (χ0) is 15.3. The number of epoxide rings is 1. The fraction of sp³-hybridized carbons (Fsp3) is 0.722. The highest BCUT2D eigenvalue weighted by atomic mass is 16.6. The van der Waals surface area contributed by atoms with Crippen LogP contribution in [0.1, 0.15) is 71.1 Å². The first-order valence-corrected chi connectivity index (χ1v) is 8.44. The van der Waals surface area contributed by atoms with Crippen LogP contribution < -0.4 is 0 Å². The molecule has 2 unspecified atom stereocenters. The van der Waals surface area contributed by atoms with Crippen molar-refractivity contribution in [2.75, 3.05) is 0 Å². The van der Waals surface area contributed by atoms with Crippen LogP contribution in [0.15, 0.2) is 24.3 Å². The maximum absolute atomic E-state index is 10.3. The number of allylic oxidation sites excluding steroid dienone is 2. The lowest BCUT2D eigenvalue weighted by Crippen LogP contribution is -1.92. The number of hydrogen-bond acceptors (Lipinski definition) is 2. The van der Waals surface area contributed by atoms with Crippen molar-refractivity contribution in [2.24, 2.45) is 0 Å². The highest BCUT2D eigenvalue weighted by molar-refractivity contribution is 5.79. The molecule has 2 atom stereocenters. The fourth-order valence-electron chi connectivity index (χ4n) is 2.48. The third-order valence-electron chi connectivity index (χ3n) is 3.83. The summed E-state index contributed by atoms with van der Waals surface area (Å²) < 4.78 is 5.56. The Kier molecular flexibility index (Phi) is 9.88. The topological polar surface area (TPSA) is 49.8 Å². The van der Waals surface area contributed by atoms with Crippen molar-refractivity contribution in [3.8, 4) is 0 Å². The van der Waals surface area contributed by atoms with Crippen molar-refractivity contribution >= 4 is 5.97 Å². The molecule has 0 aromatic heterocycles. The zero-order valence-electron chi connectivity index (χ0n) is 13.3. The molecule has 0 saturated carbocycles. The monoisotopic (exact) mass is 294 g/mol. The van der Waals surface area contributed by atoms with E-state index in [4.69, 9.17) is 9.84 Å². The van der Waals surface area contributed by atoms with Gasteiger partial charge in [0.25, 0.3) is 0 Å². The number of hydrogen-bond donors (Lipinski definition) is 1. The maximum atomic E-state index is 10.3. The van der Waals surface area contributed by atoms with Crippen LogP contribution in [0.25, 0.3) is 0 Å². The zero-order valence-corrected chi connectivity index (χ0v) is 13.3. The summed E-state index contributed by atoms with van der Waals surface area (Å²) in [5.41, 5.74) is 0. The van der Waals surface area contributed by atoms with Crippen LogP contribution in [0, 0.1) is 0 Å². The number of carboxylic acids is 1. The Morgan fingerprint density at radius 1 is 1.00 bits per heavy atom. The van der Waals surface area contributed by atoms with Gasteiger partial charge in [-0.2, -0.15) is 0 Å². The minimum absolute atomic E-state index is 0.335. The predicted molar refractivity (Wildman–Crippen MR) is 86.4 cm³/mol. The summed E-state index contributed by atoms with van der Waals surface area (Å²) in [6.45, 7) is 2.25. The number of carbonyl (C=O) groups is 1. The first-order chi connectivity index (χ1) is 10.2. The van der Waals surface area contributed by atoms with E-state index in [0.29, 0.717) is 12.2 Å². The van der Waals surface area contributed by atoms with E-state index in [1.165, 1.54) is 51.0 Å². The van der Waals surface area contributed by atoms with Gasteiger partial charge < -0.3 is 9.84 Å². The normalized spacial score (nSPS) is 21.4. The molecule has 1 aliphatic heterocycles. The number of unbranched alkanes of at least 4 members (excludes halogenated alkanes) is 6. The van der Waals surface area contributed by atoms with Crippen molar-refractivity contribution in [3.05, 3.63) is 24.3 Å². The fourth-order valence-corrected chi connectivity index (χ4v) is 2.48. The SMILES string of the molecule is CCCCCCCCC=CCC1OC1CCC=CC(=O)O. The molecule has 3 heteroatoms. The van der Waals surface area contributed by atoms with E-state index >= 15 is 0 Å². The molecule has 0 aliphatic carbocycles. The number of carboxylic acid groups (broad SMARTS) is 1. The molecule has 0 radical (unpaired) electrons. The molecule has 1 N–H and O–H groups in total. The van der Waals surface area contributed by atoms with Gasteiger partial charge in [0.2, 0.25) is 0 Å². The van der Waals surface area contributed by atoms with Crippen molar-refractivity contribution in [2.45, 2.75) is 83.3 Å². The standard InChI is InChI=1S/C18H30O3/c1-2-3-4-5-6-7-8-9-10-13-16-17(21-16)14-11-12-15-18(19)20/h9-10,12,15-17H,2-8,11,13-14H2,1H3,(H,19,20). The van der Waals surface area contributed by atoms with Crippen LogP contribution in [-0.4, -0.2) is 23.3 Å². The van der Waals surface area contributed by atoms with Gasteiger partial charge in [0.1, 0.15) is 0 Å². The summed E-state index contributed by atoms with van der Waals surface area (Å²) in [6, 6.07) is 0. The summed E-state index contributed by atoms with van der Waals surface area (Å²) >= 11 is 0. The molecular formula is C18H30O3. The van der Waals surface area contributed by atoms with E-state index in [1.54, 1.807) is 6.08 Å². The minimum atomic E-state index is -0.874. The Morgan fingerprint density at radius 3 is 2.52 bits per heavy atom. The number of ether oxygens (including phenoxy) is 1.